The molecular formula is C34H41N9O5. The van der Waals surface area contributed by atoms with Crippen LogP contribution in [0.4, 0.5) is 10.6 Å². The second-order valence-electron chi connectivity index (χ2n) is 12.9. The first-order valence-electron chi connectivity index (χ1n) is 15.5. The van der Waals surface area contributed by atoms with Gasteiger partial charge in [-0.15, -0.1) is 10.2 Å². The monoisotopic (exact) mass is 655 g/mol. The molecule has 0 saturated carbocycles. The number of fused-ring (bicyclic) bond motifs is 2. The van der Waals surface area contributed by atoms with Crippen molar-refractivity contribution in [1.82, 2.24) is 40.1 Å². The number of benzene rings is 1. The number of nitrogens with zero attached hydrogens (tertiary/aromatic N) is 6. The summed E-state index contributed by atoms with van der Waals surface area (Å²) < 4.78 is 13.6. The van der Waals surface area contributed by atoms with Crippen LogP contribution in [0, 0.1) is 0 Å². The molecule has 3 heterocycles. The third-order valence-electron chi connectivity index (χ3n) is 7.92. The zero-order valence-electron chi connectivity index (χ0n) is 28.1. The second-order valence-corrected chi connectivity index (χ2v) is 12.9. The Morgan fingerprint density at radius 1 is 1.12 bits per heavy atom. The largest absolute Gasteiger partial charge is 0.480 e. The number of aromatic nitrogens is 5. The third kappa shape index (κ3) is 7.34. The van der Waals surface area contributed by atoms with E-state index in [1.165, 1.54) is 0 Å². The van der Waals surface area contributed by atoms with Crippen molar-refractivity contribution in [3.63, 3.8) is 0 Å². The lowest BCUT2D eigenvalue weighted by Gasteiger charge is -2.34. The minimum absolute atomic E-state index is 0.0714. The van der Waals surface area contributed by atoms with Gasteiger partial charge in [0, 0.05) is 37.2 Å². The number of ether oxygens (including phenoxy) is 2. The first-order chi connectivity index (χ1) is 22.8. The van der Waals surface area contributed by atoms with E-state index in [2.05, 4.69) is 36.1 Å². The minimum Gasteiger partial charge on any atom is -0.480 e. The average molecular weight is 656 g/mol. The van der Waals surface area contributed by atoms with Crippen LogP contribution in [-0.2, 0) is 20.5 Å². The smallest absolute Gasteiger partial charge is 0.321 e. The number of nitrogens with one attached hydrogen (secondary N) is 3. The van der Waals surface area contributed by atoms with Gasteiger partial charge >= 0.3 is 6.03 Å². The zero-order valence-corrected chi connectivity index (χ0v) is 28.1. The van der Waals surface area contributed by atoms with Crippen LogP contribution in [-0.4, -0.2) is 82.0 Å². The number of methoxy groups -OCH3 is 1. The molecule has 0 spiro atoms. The SMILES string of the molecule is CO[C@@H](C)c1nnc2ccc(O[C@@H]3C=C[C@](C=O)(NC(=O)Nc4cc(C(C)(C)C)nc(C(=O)NCCN(C)C)n4)c4ccccc43)cn12. The number of carbonyl (C=O) groups is 3. The number of aldehydes is 1. The highest BCUT2D eigenvalue weighted by molar-refractivity contribution is 5.94. The standard InChI is InChI=1S/C34H41N9O5/c1-21(47-7)30-41-40-28-13-12-22(19-43(28)30)48-25-14-15-34(20-44,24-11-9-8-10-23(24)25)39-32(46)38-27-18-26(33(2,3)4)36-29(37-27)31(45)35-16-17-42(5)6/h8-15,18-21,25H,16-17H2,1-7H3,(H,35,45)(H2,36,37,38,39,46)/t21-,25+,34+/m0/s1. The first kappa shape index (κ1) is 34.1. The molecule has 252 valence electrons. The molecule has 0 saturated heterocycles. The fourth-order valence-corrected chi connectivity index (χ4v) is 5.19. The van der Waals surface area contributed by atoms with Crippen LogP contribution in [0.3, 0.4) is 0 Å². The van der Waals surface area contributed by atoms with Gasteiger partial charge in [-0.3, -0.25) is 19.3 Å². The van der Waals surface area contributed by atoms with Gasteiger partial charge in [-0.05, 0) is 50.9 Å². The summed E-state index contributed by atoms with van der Waals surface area (Å²) >= 11 is 0. The molecule has 14 nitrogen and oxygen atoms in total. The summed E-state index contributed by atoms with van der Waals surface area (Å²) in [6.07, 6.45) is 4.94. The van der Waals surface area contributed by atoms with Crippen molar-refractivity contribution in [2.24, 2.45) is 0 Å². The van der Waals surface area contributed by atoms with E-state index in [0.29, 0.717) is 53.4 Å². The van der Waals surface area contributed by atoms with Gasteiger partial charge in [0.1, 0.15) is 29.3 Å². The Labute approximate surface area is 279 Å². The molecule has 5 rings (SSSR count). The maximum absolute atomic E-state index is 13.5. The van der Waals surface area contributed by atoms with Crippen molar-refractivity contribution in [2.45, 2.75) is 50.9 Å². The summed E-state index contributed by atoms with van der Waals surface area (Å²) in [6.45, 7) is 8.75. The molecule has 3 aromatic heterocycles. The number of pyridine rings is 1. The number of amides is 3. The topological polar surface area (TPSA) is 165 Å². The zero-order chi connectivity index (χ0) is 34.6. The van der Waals surface area contributed by atoms with E-state index in [9.17, 15) is 14.4 Å². The highest BCUT2D eigenvalue weighted by Crippen LogP contribution is 2.37. The molecule has 1 aliphatic rings. The summed E-state index contributed by atoms with van der Waals surface area (Å²) in [4.78, 5) is 49.9. The molecule has 1 aliphatic carbocycles. The predicted molar refractivity (Wildman–Crippen MR) is 179 cm³/mol. The Balaban J connectivity index is 1.38. The minimum atomic E-state index is -1.51. The molecule has 0 radical (unpaired) electrons. The normalized spacial score (nSPS) is 17.9. The van der Waals surface area contributed by atoms with Gasteiger partial charge in [-0.1, -0.05) is 45.0 Å². The number of rotatable bonds is 11. The van der Waals surface area contributed by atoms with E-state index in [4.69, 9.17) is 9.47 Å². The molecule has 0 aliphatic heterocycles. The van der Waals surface area contributed by atoms with Gasteiger partial charge in [0.2, 0.25) is 5.82 Å². The summed E-state index contributed by atoms with van der Waals surface area (Å²) in [6, 6.07) is 11.7. The second kappa shape index (κ2) is 13.9. The lowest BCUT2D eigenvalue weighted by molar-refractivity contribution is -0.111. The fraction of sp³-hybridized carbons (Fsp3) is 0.382. The van der Waals surface area contributed by atoms with Crippen LogP contribution in [0.1, 0.15) is 73.2 Å². The fourth-order valence-electron chi connectivity index (χ4n) is 5.19. The number of hydrogen-bond acceptors (Lipinski definition) is 10. The number of hydrogen-bond donors (Lipinski definition) is 3. The van der Waals surface area contributed by atoms with Crippen LogP contribution in [0.2, 0.25) is 0 Å². The number of anilines is 1. The number of likely N-dealkylation sites (N-methyl/N-ethyl adjacent to an activating group) is 1. The van der Waals surface area contributed by atoms with E-state index in [1.54, 1.807) is 60.2 Å². The van der Waals surface area contributed by atoms with E-state index >= 15 is 0 Å². The molecule has 3 amide bonds. The van der Waals surface area contributed by atoms with Gasteiger partial charge < -0.3 is 25.0 Å². The Bertz CT molecular complexity index is 1850. The van der Waals surface area contributed by atoms with Crippen molar-refractivity contribution < 1.29 is 23.9 Å². The Kier molecular flexibility index (Phi) is 9.87. The van der Waals surface area contributed by atoms with E-state index < -0.39 is 29.0 Å². The van der Waals surface area contributed by atoms with Gasteiger partial charge in [-0.2, -0.15) is 0 Å². The summed E-state index contributed by atoms with van der Waals surface area (Å²) in [5.41, 5.74) is 0.488. The summed E-state index contributed by atoms with van der Waals surface area (Å²) in [5, 5.41) is 16.7. The van der Waals surface area contributed by atoms with E-state index in [0.717, 1.165) is 0 Å². The van der Waals surface area contributed by atoms with E-state index in [-0.39, 0.29) is 17.7 Å². The molecule has 0 fully saturated rings. The molecular weight excluding hydrogens is 614 g/mol. The van der Waals surface area contributed by atoms with Crippen LogP contribution in [0.25, 0.3) is 5.65 Å². The summed E-state index contributed by atoms with van der Waals surface area (Å²) in [7, 11) is 5.41. The number of carbonyl (C=O) groups excluding carboxylic acids is 3. The summed E-state index contributed by atoms with van der Waals surface area (Å²) in [5.74, 6) is 0.757. The molecule has 48 heavy (non-hydrogen) atoms. The molecule has 1 aromatic carbocycles. The van der Waals surface area contributed by atoms with Crippen LogP contribution in [0.15, 0.2) is 60.8 Å². The molecule has 4 aromatic rings. The van der Waals surface area contributed by atoms with Crippen LogP contribution < -0.4 is 20.7 Å². The molecule has 3 atom stereocenters. The Hall–Kier alpha value is -5.21. The van der Waals surface area contributed by atoms with Crippen molar-refractivity contribution in [3.05, 3.63) is 89.3 Å². The van der Waals surface area contributed by atoms with Crippen molar-refractivity contribution in [2.75, 3.05) is 39.6 Å². The maximum atomic E-state index is 13.5. The van der Waals surface area contributed by atoms with Gasteiger partial charge in [-0.25, -0.2) is 14.8 Å². The Morgan fingerprint density at radius 2 is 1.90 bits per heavy atom. The van der Waals surface area contributed by atoms with Gasteiger partial charge in [0.25, 0.3) is 5.91 Å². The maximum Gasteiger partial charge on any atom is 0.321 e. The van der Waals surface area contributed by atoms with Gasteiger partial charge in [0.05, 0.1) is 11.9 Å². The average Bonchev–Trinajstić information content (AvgIpc) is 3.48. The third-order valence-corrected chi connectivity index (χ3v) is 7.92. The lowest BCUT2D eigenvalue weighted by Crippen LogP contribution is -2.49. The van der Waals surface area contributed by atoms with Crippen molar-refractivity contribution in [3.8, 4) is 5.75 Å². The Morgan fingerprint density at radius 3 is 2.60 bits per heavy atom. The van der Waals surface area contributed by atoms with Crippen LogP contribution >= 0.6 is 0 Å². The molecule has 0 bridgehead atoms. The molecule has 0 unspecified atom stereocenters. The van der Waals surface area contributed by atoms with Crippen LogP contribution in [0.5, 0.6) is 5.75 Å². The lowest BCUT2D eigenvalue weighted by atomic mass is 9.81. The quantitative estimate of drug-likeness (QED) is 0.160. The highest BCUT2D eigenvalue weighted by Gasteiger charge is 2.38. The van der Waals surface area contributed by atoms with Gasteiger partial charge in [0.15, 0.2) is 17.8 Å². The predicted octanol–water partition coefficient (Wildman–Crippen LogP) is 3.72. The number of urea groups is 1. The highest BCUT2D eigenvalue weighted by atomic mass is 16.5. The van der Waals surface area contributed by atoms with Crippen molar-refractivity contribution in [1.29, 1.82) is 0 Å². The first-order valence-corrected chi connectivity index (χ1v) is 15.5. The molecule has 14 heteroatoms. The molecule has 3 N–H and O–H groups in total. The van der Waals surface area contributed by atoms with Crippen molar-refractivity contribution >= 4 is 29.7 Å². The van der Waals surface area contributed by atoms with E-state index in [1.807, 2.05) is 58.8 Å².